The highest BCUT2D eigenvalue weighted by atomic mass is 32.2. The Hall–Kier alpha value is -2.11. The van der Waals surface area contributed by atoms with Crippen LogP contribution in [-0.2, 0) is 39.8 Å². The molecule has 11 heteroatoms. The van der Waals surface area contributed by atoms with Crippen LogP contribution in [0.4, 0.5) is 4.79 Å². The second-order valence-corrected chi connectivity index (χ2v) is 14.3. The fourth-order valence-electron chi connectivity index (χ4n) is 3.94. The van der Waals surface area contributed by atoms with Crippen molar-refractivity contribution in [1.82, 2.24) is 9.80 Å². The summed E-state index contributed by atoms with van der Waals surface area (Å²) < 4.78 is 30.2. The molecule has 1 heterocycles. The fraction of sp³-hybridized carbons (Fsp3) is 0.778. The summed E-state index contributed by atoms with van der Waals surface area (Å²) in [4.78, 5) is 54.1. The predicted octanol–water partition coefficient (Wildman–Crippen LogP) is 3.79. The van der Waals surface area contributed by atoms with Gasteiger partial charge >= 0.3 is 18.0 Å². The Bertz CT molecular complexity index is 887. The predicted molar refractivity (Wildman–Crippen MR) is 146 cm³/mol. The van der Waals surface area contributed by atoms with Crippen molar-refractivity contribution in [1.29, 1.82) is 0 Å². The molecule has 4 unspecified atom stereocenters. The van der Waals surface area contributed by atoms with Crippen molar-refractivity contribution in [3.8, 4) is 0 Å². The van der Waals surface area contributed by atoms with Gasteiger partial charge in [0.05, 0.1) is 0 Å². The lowest BCUT2D eigenvalue weighted by molar-refractivity contribution is -0.166. The maximum Gasteiger partial charge on any atom is 0.421 e. The number of carbonyl (C=O) groups excluding carboxylic acids is 4. The molecule has 0 bridgehead atoms. The molecular formula is C27H46N2O8S. The van der Waals surface area contributed by atoms with E-state index in [0.29, 0.717) is 13.0 Å². The summed E-state index contributed by atoms with van der Waals surface area (Å²) in [6.45, 7) is 22.1. The summed E-state index contributed by atoms with van der Waals surface area (Å²) in [5.41, 5.74) is -2.46. The van der Waals surface area contributed by atoms with Crippen LogP contribution in [0.1, 0.15) is 82.6 Å². The summed E-state index contributed by atoms with van der Waals surface area (Å²) in [5.74, 6) is -2.21. The van der Waals surface area contributed by atoms with Crippen LogP contribution < -0.4 is 0 Å². The van der Waals surface area contributed by atoms with Crippen LogP contribution in [0.5, 0.6) is 0 Å². The van der Waals surface area contributed by atoms with Gasteiger partial charge in [0.15, 0.2) is 11.4 Å². The van der Waals surface area contributed by atoms with Crippen molar-refractivity contribution < 1.29 is 37.9 Å². The van der Waals surface area contributed by atoms with Crippen LogP contribution in [-0.4, -0.2) is 84.8 Å². The number of amides is 2. The molecule has 0 N–H and O–H groups in total. The number of nitrogens with zero attached hydrogens (tertiary/aromatic N) is 2. The molecule has 38 heavy (non-hydrogen) atoms. The van der Waals surface area contributed by atoms with Crippen molar-refractivity contribution in [3.63, 3.8) is 0 Å². The molecule has 2 amide bonds. The van der Waals surface area contributed by atoms with E-state index in [1.54, 1.807) is 73.3 Å². The van der Waals surface area contributed by atoms with Gasteiger partial charge in [0.25, 0.3) is 0 Å². The third-order valence-electron chi connectivity index (χ3n) is 5.46. The molecule has 218 valence electrons. The van der Waals surface area contributed by atoms with E-state index in [4.69, 9.17) is 14.2 Å². The van der Waals surface area contributed by atoms with Crippen LogP contribution >= 0.6 is 0 Å². The number of ether oxygens (including phenoxy) is 3. The van der Waals surface area contributed by atoms with Crippen LogP contribution in [0.25, 0.3) is 0 Å². The highest BCUT2D eigenvalue weighted by Crippen LogP contribution is 2.31. The van der Waals surface area contributed by atoms with Gasteiger partial charge in [-0.05, 0) is 85.8 Å². The Labute approximate surface area is 230 Å². The molecule has 1 aliphatic heterocycles. The highest BCUT2D eigenvalue weighted by Gasteiger charge is 2.48. The lowest BCUT2D eigenvalue weighted by atomic mass is 10.1. The van der Waals surface area contributed by atoms with Crippen LogP contribution in [0, 0.1) is 5.92 Å². The van der Waals surface area contributed by atoms with Crippen molar-refractivity contribution in [2.45, 2.75) is 117 Å². The maximum atomic E-state index is 13.6. The van der Waals surface area contributed by atoms with Gasteiger partial charge in [0.2, 0.25) is 5.91 Å². The zero-order valence-corrected chi connectivity index (χ0v) is 25.6. The minimum atomic E-state index is -1.92. The molecule has 1 aliphatic rings. The highest BCUT2D eigenvalue weighted by molar-refractivity contribution is 7.92. The van der Waals surface area contributed by atoms with Gasteiger partial charge in [-0.2, -0.15) is 4.90 Å². The Balaban J connectivity index is 3.38. The normalized spacial score (nSPS) is 21.2. The Morgan fingerprint density at radius 2 is 1.50 bits per heavy atom. The van der Waals surface area contributed by atoms with Gasteiger partial charge in [-0.15, -0.1) is 6.58 Å². The first-order valence-electron chi connectivity index (χ1n) is 12.8. The second-order valence-electron chi connectivity index (χ2n) is 12.5. The van der Waals surface area contributed by atoms with E-state index in [2.05, 4.69) is 6.58 Å². The smallest absolute Gasteiger partial charge is 0.421 e. The van der Waals surface area contributed by atoms with E-state index in [-0.39, 0.29) is 11.7 Å². The Morgan fingerprint density at radius 3 is 1.92 bits per heavy atom. The first kappa shape index (κ1) is 33.9. The molecule has 5 atom stereocenters. The van der Waals surface area contributed by atoms with Crippen molar-refractivity contribution in [3.05, 3.63) is 12.7 Å². The zero-order chi connectivity index (χ0) is 29.8. The Morgan fingerprint density at radius 1 is 1.00 bits per heavy atom. The molecule has 0 spiro atoms. The zero-order valence-electron chi connectivity index (χ0n) is 24.8. The molecule has 0 aliphatic carbocycles. The topological polar surface area (TPSA) is 126 Å². The molecule has 1 fully saturated rings. The van der Waals surface area contributed by atoms with Crippen LogP contribution in [0.3, 0.4) is 0 Å². The third kappa shape index (κ3) is 10.6. The molecule has 0 saturated carbocycles. The van der Waals surface area contributed by atoms with Gasteiger partial charge < -0.3 is 18.8 Å². The third-order valence-corrected chi connectivity index (χ3v) is 7.07. The van der Waals surface area contributed by atoms with Crippen LogP contribution in [0.2, 0.25) is 0 Å². The lowest BCUT2D eigenvalue weighted by Gasteiger charge is -2.35. The van der Waals surface area contributed by atoms with Gasteiger partial charge in [0, 0.05) is 20.4 Å². The molecule has 1 saturated heterocycles. The van der Waals surface area contributed by atoms with E-state index in [1.807, 2.05) is 0 Å². The minimum absolute atomic E-state index is 0.112. The number of likely N-dealkylation sites (tertiary alicyclic amines) is 1. The molecule has 0 aromatic rings. The molecule has 0 aromatic heterocycles. The molecule has 0 aromatic carbocycles. The average molecular weight is 559 g/mol. The largest absolute Gasteiger partial charge is 0.615 e. The SMILES string of the molecule is C=CC1CC(C(=O)OC(C)(C)C)N([C@H](C[S+]([O-])C(C)N(C(C)=O)C(=O)OC(C)(C)C)C(=O)OC(C)(C)C)C1. The number of rotatable bonds is 8. The molecule has 1 rings (SSSR count). The van der Waals surface area contributed by atoms with E-state index in [0.717, 1.165) is 4.90 Å². The number of carbonyl (C=O) groups is 4. The number of hydrogen-bond acceptors (Lipinski definition) is 9. The van der Waals surface area contributed by atoms with E-state index in [9.17, 15) is 23.7 Å². The lowest BCUT2D eigenvalue weighted by Crippen LogP contribution is -2.56. The quantitative estimate of drug-likeness (QED) is 0.189. The fourth-order valence-corrected chi connectivity index (χ4v) is 5.32. The summed E-state index contributed by atoms with van der Waals surface area (Å²) in [6.07, 6.45) is 1.15. The molecule has 10 nitrogen and oxygen atoms in total. The number of imide groups is 1. The van der Waals surface area contributed by atoms with Gasteiger partial charge in [-0.3, -0.25) is 19.3 Å². The van der Waals surface area contributed by atoms with Gasteiger partial charge in [-0.25, -0.2) is 4.79 Å². The van der Waals surface area contributed by atoms with Gasteiger partial charge in [-0.1, -0.05) is 6.08 Å². The Kier molecular flexibility index (Phi) is 11.5. The van der Waals surface area contributed by atoms with E-state index < -0.39 is 69.4 Å². The monoisotopic (exact) mass is 558 g/mol. The van der Waals surface area contributed by atoms with Gasteiger partial charge in [0.1, 0.15) is 28.6 Å². The standard InChI is InChI=1S/C27H46N2O8S/c1-13-19-14-20(22(31)35-25(4,5)6)28(15-19)21(23(32)36-26(7,8)9)16-38(34)18(3)29(17(2)30)24(33)37-27(10,11)12/h13,18-21H,1,14-16H2,2-12H3/t18?,19?,20?,21-,38?/m1/s1. The summed E-state index contributed by atoms with van der Waals surface area (Å²) in [6, 6.07) is -1.90. The summed E-state index contributed by atoms with van der Waals surface area (Å²) in [5, 5.41) is -1.11. The minimum Gasteiger partial charge on any atom is -0.615 e. The van der Waals surface area contributed by atoms with E-state index in [1.165, 1.54) is 13.8 Å². The summed E-state index contributed by atoms with van der Waals surface area (Å²) >= 11 is -1.92. The second kappa shape index (κ2) is 12.8. The number of hydrogen-bond donors (Lipinski definition) is 0. The first-order valence-corrected chi connectivity index (χ1v) is 14.2. The molecular weight excluding hydrogens is 512 g/mol. The van der Waals surface area contributed by atoms with Crippen molar-refractivity contribution in [2.24, 2.45) is 5.92 Å². The number of esters is 2. The maximum absolute atomic E-state index is 13.6. The van der Waals surface area contributed by atoms with Crippen LogP contribution in [0.15, 0.2) is 12.7 Å². The van der Waals surface area contributed by atoms with Crippen molar-refractivity contribution >= 4 is 35.1 Å². The first-order chi connectivity index (χ1) is 17.1. The average Bonchev–Trinajstić information content (AvgIpc) is 3.11. The summed E-state index contributed by atoms with van der Waals surface area (Å²) in [7, 11) is 0. The van der Waals surface area contributed by atoms with Crippen molar-refractivity contribution in [2.75, 3.05) is 12.3 Å². The molecule has 0 radical (unpaired) electrons. The van der Waals surface area contributed by atoms with E-state index >= 15 is 0 Å².